The number of rotatable bonds is 8. The van der Waals surface area contributed by atoms with Gasteiger partial charge in [-0.1, -0.05) is 0 Å². The fourth-order valence-electron chi connectivity index (χ4n) is 2.57. The maximum atomic E-state index is 5.87. The molecule has 0 amide bonds. The van der Waals surface area contributed by atoms with Crippen LogP contribution in [-0.2, 0) is 24.1 Å². The van der Waals surface area contributed by atoms with Crippen LogP contribution in [0.1, 0.15) is 0 Å². The predicted molar refractivity (Wildman–Crippen MR) is 107 cm³/mol. The van der Waals surface area contributed by atoms with E-state index in [4.69, 9.17) is 15.1 Å². The summed E-state index contributed by atoms with van der Waals surface area (Å²) >= 11 is -1.57. The Morgan fingerprint density at radius 2 is 0.742 bits per heavy atom. The van der Waals surface area contributed by atoms with E-state index in [-0.39, 0.29) is 24.8 Å². The molecular formula is C24H18Cl2O4Zr. The molecule has 31 heavy (non-hydrogen) atoms. The first-order chi connectivity index (χ1) is 14.3. The zero-order chi connectivity index (χ0) is 19.7. The first-order valence-electron chi connectivity index (χ1n) is 9.10. The van der Waals surface area contributed by atoms with E-state index >= 15 is 0 Å². The van der Waals surface area contributed by atoms with Crippen molar-refractivity contribution in [1.82, 2.24) is 0 Å². The summed E-state index contributed by atoms with van der Waals surface area (Å²) in [5.74, 6) is 4.51. The van der Waals surface area contributed by atoms with Crippen LogP contribution >= 0.6 is 0 Å². The Labute approximate surface area is 206 Å². The second kappa shape index (κ2) is 13.1. The molecule has 0 aliphatic heterocycles. The van der Waals surface area contributed by atoms with Gasteiger partial charge >= 0.3 is 183 Å². The Balaban J connectivity index is 0.00000171. The van der Waals surface area contributed by atoms with E-state index in [0.717, 1.165) is 34.5 Å². The van der Waals surface area contributed by atoms with Crippen molar-refractivity contribution in [3.63, 3.8) is 0 Å². The van der Waals surface area contributed by atoms with Gasteiger partial charge < -0.3 is 24.8 Å². The molecule has 0 saturated heterocycles. The van der Waals surface area contributed by atoms with Crippen LogP contribution in [0.15, 0.2) is 109 Å². The van der Waals surface area contributed by atoms with Crippen molar-refractivity contribution in [3.05, 3.63) is 109 Å². The van der Waals surface area contributed by atoms with Crippen LogP contribution < -0.4 is 39.9 Å². The summed E-state index contributed by atoms with van der Waals surface area (Å²) in [6, 6.07) is 34.5. The minimum absolute atomic E-state index is 0. The number of hydrogen-bond acceptors (Lipinski definition) is 4. The Bertz CT molecular complexity index is 964. The Hall–Kier alpha value is -2.46. The molecule has 4 nitrogen and oxygen atoms in total. The molecule has 0 spiro atoms. The van der Waals surface area contributed by atoms with Gasteiger partial charge in [0.05, 0.1) is 0 Å². The molecular weight excluding hydrogens is 514 g/mol. The summed E-state index contributed by atoms with van der Waals surface area (Å²) in [7, 11) is 0. The van der Waals surface area contributed by atoms with Crippen LogP contribution in [0.25, 0.3) is 0 Å². The third kappa shape index (κ3) is 7.95. The van der Waals surface area contributed by atoms with E-state index in [9.17, 15) is 0 Å². The van der Waals surface area contributed by atoms with Crippen LogP contribution in [0, 0.1) is 0 Å². The van der Waals surface area contributed by atoms with Crippen LogP contribution in [0.4, 0.5) is 0 Å². The molecule has 0 fully saturated rings. The van der Waals surface area contributed by atoms with E-state index in [1.54, 1.807) is 0 Å². The summed E-state index contributed by atoms with van der Waals surface area (Å²) in [4.78, 5) is 0. The van der Waals surface area contributed by atoms with Crippen molar-refractivity contribution in [2.75, 3.05) is 0 Å². The number of hydrogen-bond donors (Lipinski definition) is 0. The number of para-hydroxylation sites is 2. The van der Waals surface area contributed by atoms with Crippen molar-refractivity contribution in [3.8, 4) is 34.5 Å². The summed E-state index contributed by atoms with van der Waals surface area (Å²) < 4.78 is 23.4. The Kier molecular flexibility index (Phi) is 10.5. The Morgan fingerprint density at radius 3 is 1.16 bits per heavy atom. The van der Waals surface area contributed by atoms with Gasteiger partial charge in [-0.2, -0.15) is 0 Å². The molecule has 4 rings (SSSR count). The van der Waals surface area contributed by atoms with Crippen LogP contribution in [0.5, 0.6) is 34.5 Å². The third-order valence-corrected chi connectivity index (χ3v) is 5.46. The van der Waals surface area contributed by atoms with E-state index < -0.39 is 24.1 Å². The number of benzene rings is 4. The average molecular weight is 533 g/mol. The zero-order valence-electron chi connectivity index (χ0n) is 16.3. The van der Waals surface area contributed by atoms with Gasteiger partial charge in [0.1, 0.15) is 0 Å². The van der Waals surface area contributed by atoms with Crippen LogP contribution in [-0.4, -0.2) is 0 Å². The molecule has 0 heterocycles. The van der Waals surface area contributed by atoms with E-state index in [0.29, 0.717) is 0 Å². The molecule has 156 valence electrons. The standard InChI is InChI=1S/2C12H10O2.2ClH.Zr/c2*13-10-5-4-8-12(9-10)14-11-6-2-1-3-7-11;;;/h2*1-9,13H;2*1H;/q;;;;+4/p-4. The molecule has 0 saturated carbocycles. The average Bonchev–Trinajstić information content (AvgIpc) is 2.76. The van der Waals surface area contributed by atoms with Gasteiger partial charge in [0.2, 0.25) is 0 Å². The van der Waals surface area contributed by atoms with Gasteiger partial charge in [0.15, 0.2) is 0 Å². The molecule has 4 aromatic rings. The van der Waals surface area contributed by atoms with E-state index in [1.807, 2.05) is 109 Å². The van der Waals surface area contributed by atoms with Crippen molar-refractivity contribution in [2.45, 2.75) is 0 Å². The first kappa shape index (κ1) is 24.8. The SMILES string of the molecule is [Cl-].[Cl-].c1ccc(Oc2cccc([O][Zr+2][O]c3cccc(Oc4ccccc4)c3)c2)cc1. The normalized spacial score (nSPS) is 9.29. The molecule has 0 aromatic heterocycles. The monoisotopic (exact) mass is 530 g/mol. The van der Waals surface area contributed by atoms with Gasteiger partial charge in [-0.15, -0.1) is 0 Å². The molecule has 0 aliphatic rings. The van der Waals surface area contributed by atoms with E-state index in [2.05, 4.69) is 0 Å². The second-order valence-corrected chi connectivity index (χ2v) is 7.48. The molecule has 0 atom stereocenters. The molecule has 0 bridgehead atoms. The first-order valence-corrected chi connectivity index (χ1v) is 11.1. The van der Waals surface area contributed by atoms with Crippen LogP contribution in [0.2, 0.25) is 0 Å². The van der Waals surface area contributed by atoms with Crippen molar-refractivity contribution >= 4 is 0 Å². The van der Waals surface area contributed by atoms with Crippen molar-refractivity contribution < 1.29 is 64.0 Å². The molecule has 0 radical (unpaired) electrons. The molecule has 4 aromatic carbocycles. The van der Waals surface area contributed by atoms with E-state index in [1.165, 1.54) is 0 Å². The summed E-state index contributed by atoms with van der Waals surface area (Å²) in [6.45, 7) is 0. The molecule has 0 N–H and O–H groups in total. The maximum absolute atomic E-state index is 5.87. The topological polar surface area (TPSA) is 36.9 Å². The zero-order valence-corrected chi connectivity index (χ0v) is 20.3. The summed E-state index contributed by atoms with van der Waals surface area (Å²) in [5.41, 5.74) is 0. The molecule has 0 unspecified atom stereocenters. The van der Waals surface area contributed by atoms with Gasteiger partial charge in [-0.05, 0) is 0 Å². The van der Waals surface area contributed by atoms with Gasteiger partial charge in [0, 0.05) is 0 Å². The fraction of sp³-hybridized carbons (Fsp3) is 0. The predicted octanol–water partition coefficient (Wildman–Crippen LogP) is 0.650. The molecule has 0 aliphatic carbocycles. The summed E-state index contributed by atoms with van der Waals surface area (Å²) in [5, 5.41) is 0. The Morgan fingerprint density at radius 1 is 0.387 bits per heavy atom. The number of halogens is 2. The second-order valence-electron chi connectivity index (χ2n) is 6.07. The van der Waals surface area contributed by atoms with Gasteiger partial charge in [0.25, 0.3) is 0 Å². The molecule has 7 heteroatoms. The van der Waals surface area contributed by atoms with Crippen molar-refractivity contribution in [2.24, 2.45) is 0 Å². The van der Waals surface area contributed by atoms with Gasteiger partial charge in [-0.25, -0.2) is 0 Å². The van der Waals surface area contributed by atoms with Crippen molar-refractivity contribution in [1.29, 1.82) is 0 Å². The fourth-order valence-corrected chi connectivity index (χ4v) is 3.77. The van der Waals surface area contributed by atoms with Crippen LogP contribution in [0.3, 0.4) is 0 Å². The third-order valence-electron chi connectivity index (χ3n) is 3.89. The summed E-state index contributed by atoms with van der Waals surface area (Å²) in [6.07, 6.45) is 0. The van der Waals surface area contributed by atoms with Gasteiger partial charge in [-0.3, -0.25) is 0 Å². The minimum atomic E-state index is -1.57. The quantitative estimate of drug-likeness (QED) is 0.334. The number of ether oxygens (including phenoxy) is 2.